The average molecular weight is 432 g/mol. The molecule has 1 saturated carbocycles. The quantitative estimate of drug-likeness (QED) is 0.680. The zero-order valence-electron chi connectivity index (χ0n) is 17.8. The van der Waals surface area contributed by atoms with Crippen LogP contribution in [0.3, 0.4) is 0 Å². The van der Waals surface area contributed by atoms with E-state index >= 15 is 0 Å². The molecule has 1 N–H and O–H groups in total. The highest BCUT2D eigenvalue weighted by Gasteiger charge is 2.55. The van der Waals surface area contributed by atoms with E-state index in [1.54, 1.807) is 11.0 Å². The van der Waals surface area contributed by atoms with E-state index in [0.717, 1.165) is 31.2 Å². The van der Waals surface area contributed by atoms with Crippen LogP contribution < -0.4 is 10.1 Å². The fraction of sp³-hybridized carbons (Fsp3) is 0.652. The molecule has 2 amide bonds. The summed E-state index contributed by atoms with van der Waals surface area (Å²) in [7, 11) is 0. The van der Waals surface area contributed by atoms with E-state index in [4.69, 9.17) is 14.2 Å². The number of fused-ring (bicyclic) bond motifs is 5. The van der Waals surface area contributed by atoms with Crippen LogP contribution in [0.25, 0.3) is 0 Å². The van der Waals surface area contributed by atoms with Gasteiger partial charge in [-0.1, -0.05) is 0 Å². The first-order valence-electron chi connectivity index (χ1n) is 11.2. The third-order valence-electron chi connectivity index (χ3n) is 7.30. The van der Waals surface area contributed by atoms with Gasteiger partial charge in [0, 0.05) is 11.6 Å². The summed E-state index contributed by atoms with van der Waals surface area (Å²) in [6.07, 6.45) is 4.19. The number of rotatable bonds is 0. The molecule has 1 aromatic carbocycles. The molecule has 1 aromatic rings. The number of hydrogen-bond acceptors (Lipinski definition) is 5. The van der Waals surface area contributed by atoms with E-state index < -0.39 is 5.54 Å². The highest BCUT2D eigenvalue weighted by molar-refractivity contribution is 5.81. The lowest BCUT2D eigenvalue weighted by Crippen LogP contribution is -2.65. The van der Waals surface area contributed by atoms with E-state index in [2.05, 4.69) is 5.32 Å². The lowest BCUT2D eigenvalue weighted by atomic mass is 9.82. The first-order chi connectivity index (χ1) is 14.9. The third-order valence-corrected chi connectivity index (χ3v) is 7.30. The van der Waals surface area contributed by atoms with Crippen LogP contribution in [0.15, 0.2) is 18.2 Å². The van der Waals surface area contributed by atoms with Crippen LogP contribution in [0.2, 0.25) is 0 Å². The first-order valence-corrected chi connectivity index (χ1v) is 11.2. The van der Waals surface area contributed by atoms with Gasteiger partial charge in [-0.2, -0.15) is 0 Å². The van der Waals surface area contributed by atoms with Crippen molar-refractivity contribution < 1.29 is 28.2 Å². The zero-order valence-corrected chi connectivity index (χ0v) is 17.8. The van der Waals surface area contributed by atoms with Crippen molar-refractivity contribution in [2.45, 2.75) is 68.7 Å². The molecule has 3 fully saturated rings. The number of benzene rings is 1. The molecule has 6 rings (SSSR count). The minimum Gasteiger partial charge on any atom is -0.483 e. The van der Waals surface area contributed by atoms with Crippen molar-refractivity contribution in [2.24, 2.45) is 0 Å². The van der Waals surface area contributed by atoms with Crippen molar-refractivity contribution in [3.8, 4) is 5.75 Å². The maximum Gasteiger partial charge on any atom is 0.261 e. The Bertz CT molecular complexity index is 872. The fourth-order valence-electron chi connectivity index (χ4n) is 5.91. The summed E-state index contributed by atoms with van der Waals surface area (Å²) in [5.74, 6) is 0.144. The smallest absolute Gasteiger partial charge is 0.261 e. The van der Waals surface area contributed by atoms with Gasteiger partial charge >= 0.3 is 0 Å². The molecule has 4 heterocycles. The van der Waals surface area contributed by atoms with Gasteiger partial charge in [0.15, 0.2) is 6.61 Å². The van der Waals surface area contributed by atoms with Crippen molar-refractivity contribution >= 4 is 11.8 Å². The van der Waals surface area contributed by atoms with Crippen molar-refractivity contribution in [2.75, 3.05) is 26.4 Å². The number of carbonyl (C=O) groups is 2. The highest BCUT2D eigenvalue weighted by Crippen LogP contribution is 2.41. The highest BCUT2D eigenvalue weighted by atomic mass is 19.1. The van der Waals surface area contributed by atoms with Gasteiger partial charge in [-0.25, -0.2) is 4.39 Å². The van der Waals surface area contributed by atoms with Crippen molar-refractivity contribution in [1.29, 1.82) is 0 Å². The number of ether oxygens (including phenoxy) is 3. The molecule has 4 aliphatic heterocycles. The second-order valence-electron chi connectivity index (χ2n) is 9.34. The molecule has 1 aliphatic carbocycles. The molecule has 0 aromatic heterocycles. The Hall–Kier alpha value is -2.19. The van der Waals surface area contributed by atoms with E-state index in [-0.39, 0.29) is 55.0 Å². The van der Waals surface area contributed by atoms with Crippen LogP contribution in [0, 0.1) is 5.82 Å². The van der Waals surface area contributed by atoms with Gasteiger partial charge in [-0.15, -0.1) is 0 Å². The normalized spacial score (nSPS) is 36.0. The van der Waals surface area contributed by atoms with Gasteiger partial charge in [0.25, 0.3) is 5.91 Å². The predicted molar refractivity (Wildman–Crippen MR) is 109 cm³/mol. The van der Waals surface area contributed by atoms with Crippen molar-refractivity contribution in [3.63, 3.8) is 0 Å². The molecular weight excluding hydrogens is 403 g/mol. The molecule has 1 spiro atoms. The largest absolute Gasteiger partial charge is 0.483 e. The van der Waals surface area contributed by atoms with Gasteiger partial charge in [-0.3, -0.25) is 9.59 Å². The second kappa shape index (κ2) is 8.06. The molecule has 5 aliphatic rings. The second-order valence-corrected chi connectivity index (χ2v) is 9.34. The Kier molecular flexibility index (Phi) is 5.38. The monoisotopic (exact) mass is 432 g/mol. The summed E-state index contributed by atoms with van der Waals surface area (Å²) < 4.78 is 31.8. The molecule has 2 saturated heterocycles. The van der Waals surface area contributed by atoms with E-state index in [9.17, 15) is 14.0 Å². The van der Waals surface area contributed by atoms with E-state index in [1.807, 2.05) is 6.92 Å². The third kappa shape index (κ3) is 3.80. The van der Waals surface area contributed by atoms with Crippen LogP contribution in [0.5, 0.6) is 5.75 Å². The first kappa shape index (κ1) is 20.7. The van der Waals surface area contributed by atoms with Gasteiger partial charge in [-0.05, 0) is 63.1 Å². The molecule has 7 nitrogen and oxygen atoms in total. The Morgan fingerprint density at radius 3 is 2.74 bits per heavy atom. The molecule has 8 heteroatoms. The standard InChI is InChI=1S/C23H29FN2O5/c1-14-9-23(13-29-11-21(27)25-23)20-10-30-17-5-2-15(3-6-17)18-8-16(24)4-7-19(18)31-12-22(28)26(14)20/h4,7-8,14-15,17,20H,2-3,5-6,9-13H2,1H3,(H,25,27)/t14-,15-,17+,20+,23-/m1/s1. The lowest BCUT2D eigenvalue weighted by molar-refractivity contribution is -0.145. The van der Waals surface area contributed by atoms with E-state index in [1.165, 1.54) is 12.1 Å². The minimum atomic E-state index is -0.650. The summed E-state index contributed by atoms with van der Waals surface area (Å²) in [6, 6.07) is 4.12. The van der Waals surface area contributed by atoms with Crippen LogP contribution in [-0.4, -0.2) is 66.9 Å². The number of morpholine rings is 1. The number of amides is 2. The van der Waals surface area contributed by atoms with Crippen LogP contribution in [0.1, 0.15) is 50.5 Å². The lowest BCUT2D eigenvalue weighted by Gasteiger charge is -2.41. The Morgan fingerprint density at radius 1 is 1.16 bits per heavy atom. The molecule has 0 unspecified atom stereocenters. The fourth-order valence-corrected chi connectivity index (χ4v) is 5.91. The van der Waals surface area contributed by atoms with Crippen molar-refractivity contribution in [3.05, 3.63) is 29.6 Å². The molecule has 3 atom stereocenters. The maximum absolute atomic E-state index is 14.0. The Balaban J connectivity index is 1.48. The van der Waals surface area contributed by atoms with Crippen LogP contribution in [0.4, 0.5) is 4.39 Å². The molecule has 168 valence electrons. The summed E-state index contributed by atoms with van der Waals surface area (Å²) in [5.41, 5.74) is 0.184. The number of nitrogens with zero attached hydrogens (tertiary/aromatic N) is 1. The maximum atomic E-state index is 14.0. The number of hydrogen-bond donors (Lipinski definition) is 1. The molecule has 0 radical (unpaired) electrons. The Labute approximate surface area is 181 Å². The summed E-state index contributed by atoms with van der Waals surface area (Å²) in [4.78, 5) is 27.2. The number of halogens is 1. The molecular formula is C23H29FN2O5. The molecule has 2 bridgehead atoms. The Morgan fingerprint density at radius 2 is 1.97 bits per heavy atom. The predicted octanol–water partition coefficient (Wildman–Crippen LogP) is 2.14. The van der Waals surface area contributed by atoms with E-state index in [0.29, 0.717) is 25.4 Å². The van der Waals surface area contributed by atoms with Crippen molar-refractivity contribution in [1.82, 2.24) is 10.2 Å². The van der Waals surface area contributed by atoms with Gasteiger partial charge in [0.1, 0.15) is 18.2 Å². The average Bonchev–Trinajstić information content (AvgIpc) is 3.01. The minimum absolute atomic E-state index is 0.0398. The van der Waals surface area contributed by atoms with Gasteiger partial charge in [0.2, 0.25) is 5.91 Å². The van der Waals surface area contributed by atoms with Gasteiger partial charge < -0.3 is 24.4 Å². The topological polar surface area (TPSA) is 77.1 Å². The number of carbonyl (C=O) groups excluding carboxylic acids is 2. The summed E-state index contributed by atoms with van der Waals surface area (Å²) >= 11 is 0. The zero-order chi connectivity index (χ0) is 21.6. The summed E-state index contributed by atoms with van der Waals surface area (Å²) in [5, 5.41) is 3.11. The SMILES string of the molecule is C[C@@H]1C[C@@]2(COCC(=O)N2)[C@@H]2CO[C@H]3CC[C@H](CC3)c3cc(F)ccc3OCC(=O)N12. The van der Waals surface area contributed by atoms with Crippen LogP contribution in [-0.2, 0) is 19.1 Å². The molecule has 31 heavy (non-hydrogen) atoms. The van der Waals surface area contributed by atoms with Gasteiger partial charge in [0.05, 0.1) is 30.9 Å². The van der Waals surface area contributed by atoms with Crippen LogP contribution >= 0.6 is 0 Å². The number of nitrogens with one attached hydrogen (secondary N) is 1. The summed E-state index contributed by atoms with van der Waals surface area (Å²) in [6.45, 7) is 2.58.